The molecule has 9 heteroatoms. The van der Waals surface area contributed by atoms with Crippen LogP contribution >= 0.6 is 21.6 Å². The van der Waals surface area contributed by atoms with E-state index in [1.807, 2.05) is 30.3 Å². The molecule has 138 valence electrons. The summed E-state index contributed by atoms with van der Waals surface area (Å²) in [6.45, 7) is 2.16. The maximum atomic E-state index is 11.9. The van der Waals surface area contributed by atoms with Crippen molar-refractivity contribution in [3.05, 3.63) is 35.9 Å². The summed E-state index contributed by atoms with van der Waals surface area (Å²) in [5, 5.41) is 13.7. The molecule has 1 aromatic rings. The third-order valence-electron chi connectivity index (χ3n) is 2.91. The lowest BCUT2D eigenvalue weighted by Gasteiger charge is -2.14. The van der Waals surface area contributed by atoms with Gasteiger partial charge in [-0.2, -0.15) is 0 Å². The second kappa shape index (κ2) is 12.5. The lowest BCUT2D eigenvalue weighted by Crippen LogP contribution is -2.45. The molecule has 0 heterocycles. The molecule has 1 atom stereocenters. The quantitative estimate of drug-likeness (QED) is 0.396. The van der Waals surface area contributed by atoms with Gasteiger partial charge in [-0.15, -0.1) is 0 Å². The minimum atomic E-state index is -0.819. The monoisotopic (exact) mass is 386 g/mol. The summed E-state index contributed by atoms with van der Waals surface area (Å²) in [4.78, 5) is 33.9. The fourth-order valence-corrected chi connectivity index (χ4v) is 3.51. The van der Waals surface area contributed by atoms with Crippen LogP contribution in [-0.4, -0.2) is 47.2 Å². The van der Waals surface area contributed by atoms with Crippen LogP contribution in [0.2, 0.25) is 0 Å². The molecule has 0 radical (unpaired) electrons. The van der Waals surface area contributed by atoms with E-state index in [1.165, 1.54) is 21.6 Å². The van der Waals surface area contributed by atoms with E-state index >= 15 is 0 Å². The molecule has 0 aromatic heterocycles. The van der Waals surface area contributed by atoms with Gasteiger partial charge in [-0.1, -0.05) is 51.9 Å². The predicted molar refractivity (Wildman–Crippen MR) is 99.4 cm³/mol. The minimum absolute atomic E-state index is 0.121. The van der Waals surface area contributed by atoms with Gasteiger partial charge < -0.3 is 20.5 Å². The fraction of sp³-hybridized carbons (Fsp3) is 0.438. The summed E-state index contributed by atoms with van der Waals surface area (Å²) < 4.78 is 5.05. The Hall–Kier alpha value is -1.87. The molecule has 25 heavy (non-hydrogen) atoms. The number of rotatable bonds is 11. The highest BCUT2D eigenvalue weighted by atomic mass is 33.1. The Morgan fingerprint density at radius 2 is 1.84 bits per heavy atom. The van der Waals surface area contributed by atoms with Gasteiger partial charge in [0.15, 0.2) is 0 Å². The first-order valence-electron chi connectivity index (χ1n) is 7.70. The molecule has 2 amide bonds. The van der Waals surface area contributed by atoms with Crippen molar-refractivity contribution in [3.63, 3.8) is 0 Å². The predicted octanol–water partition coefficient (Wildman–Crippen LogP) is 2.27. The Kier molecular flexibility index (Phi) is 10.6. The van der Waals surface area contributed by atoms with Crippen LogP contribution in [0.3, 0.4) is 0 Å². The number of amides is 2. The zero-order valence-corrected chi connectivity index (χ0v) is 15.5. The average Bonchev–Trinajstić information content (AvgIpc) is 2.59. The normalized spacial score (nSPS) is 11.4. The van der Waals surface area contributed by atoms with Gasteiger partial charge in [-0.25, -0.2) is 4.79 Å². The number of carboxylic acid groups (broad SMARTS) is 1. The highest BCUT2D eigenvalue weighted by Crippen LogP contribution is 2.20. The minimum Gasteiger partial charge on any atom is -0.481 e. The smallest absolute Gasteiger partial charge is 0.408 e. The van der Waals surface area contributed by atoms with Crippen molar-refractivity contribution >= 4 is 39.6 Å². The van der Waals surface area contributed by atoms with E-state index in [0.717, 1.165) is 5.56 Å². The number of nitrogens with one attached hydrogen (secondary N) is 2. The Balaban J connectivity index is 2.10. The van der Waals surface area contributed by atoms with Crippen molar-refractivity contribution in [2.24, 2.45) is 0 Å². The van der Waals surface area contributed by atoms with Crippen LogP contribution in [0.1, 0.15) is 18.9 Å². The Morgan fingerprint density at radius 1 is 1.16 bits per heavy atom. The molecule has 0 aliphatic carbocycles. The van der Waals surface area contributed by atoms with Gasteiger partial charge in [-0.3, -0.25) is 9.59 Å². The zero-order chi connectivity index (χ0) is 18.5. The van der Waals surface area contributed by atoms with E-state index < -0.39 is 18.1 Å². The number of benzene rings is 1. The molecular weight excluding hydrogens is 364 g/mol. The second-order valence-corrected chi connectivity index (χ2v) is 7.71. The number of alkyl carbamates (subject to hydrolysis) is 1. The van der Waals surface area contributed by atoms with Crippen molar-refractivity contribution in [1.29, 1.82) is 0 Å². The molecule has 0 saturated carbocycles. The summed E-state index contributed by atoms with van der Waals surface area (Å²) in [6, 6.07) is 8.56. The second-order valence-electron chi connectivity index (χ2n) is 5.01. The highest BCUT2D eigenvalue weighted by molar-refractivity contribution is 8.76. The molecule has 1 rings (SSSR count). The van der Waals surface area contributed by atoms with E-state index in [4.69, 9.17) is 9.84 Å². The van der Waals surface area contributed by atoms with Crippen molar-refractivity contribution in [3.8, 4) is 0 Å². The Morgan fingerprint density at radius 3 is 2.52 bits per heavy atom. The molecule has 0 fully saturated rings. The molecule has 0 aliphatic heterocycles. The van der Waals surface area contributed by atoms with Gasteiger partial charge in [0.25, 0.3) is 0 Å². The number of carboxylic acids is 1. The number of ether oxygens (including phenoxy) is 1. The first-order chi connectivity index (χ1) is 12.0. The summed E-state index contributed by atoms with van der Waals surface area (Å²) in [5.74, 6) is 0.0636. The largest absolute Gasteiger partial charge is 0.481 e. The van der Waals surface area contributed by atoms with Crippen molar-refractivity contribution in [2.75, 3.05) is 18.1 Å². The summed E-state index contributed by atoms with van der Waals surface area (Å²) in [7, 11) is 2.95. The van der Waals surface area contributed by atoms with Crippen LogP contribution in [0, 0.1) is 0 Å². The van der Waals surface area contributed by atoms with Gasteiger partial charge in [-0.05, 0) is 12.5 Å². The molecule has 0 unspecified atom stereocenters. The fourth-order valence-electron chi connectivity index (χ4n) is 1.62. The number of carbonyl (C=O) groups excluding carboxylic acids is 2. The topological polar surface area (TPSA) is 105 Å². The summed E-state index contributed by atoms with van der Waals surface area (Å²) in [5.41, 5.74) is 0.868. The van der Waals surface area contributed by atoms with E-state index in [-0.39, 0.29) is 18.9 Å². The molecule has 1 aromatic carbocycles. The average molecular weight is 386 g/mol. The SMILES string of the molecule is C[C@@H](NC(=O)OCc1ccccc1)C(=O)NCCSSCCC(=O)O. The van der Waals surface area contributed by atoms with E-state index in [1.54, 1.807) is 6.92 Å². The van der Waals surface area contributed by atoms with E-state index in [2.05, 4.69) is 10.6 Å². The number of hydrogen-bond donors (Lipinski definition) is 3. The molecule has 7 nitrogen and oxygen atoms in total. The number of carbonyl (C=O) groups is 3. The zero-order valence-electron chi connectivity index (χ0n) is 13.9. The summed E-state index contributed by atoms with van der Waals surface area (Å²) in [6.07, 6.45) is -0.527. The van der Waals surface area contributed by atoms with Crippen LogP contribution in [0.5, 0.6) is 0 Å². The molecular formula is C16H22N2O5S2. The van der Waals surface area contributed by atoms with Crippen LogP contribution < -0.4 is 10.6 Å². The maximum absolute atomic E-state index is 11.9. The third-order valence-corrected chi connectivity index (χ3v) is 5.32. The van der Waals surface area contributed by atoms with Gasteiger partial charge in [0.05, 0.1) is 6.42 Å². The van der Waals surface area contributed by atoms with Crippen LogP contribution in [0.25, 0.3) is 0 Å². The lowest BCUT2D eigenvalue weighted by atomic mass is 10.2. The standard InChI is InChI=1S/C16H22N2O5S2/c1-12(15(21)17-8-10-25-24-9-7-14(19)20)18-16(22)23-11-13-5-3-2-4-6-13/h2-6,12H,7-11H2,1H3,(H,17,21)(H,18,22)(H,19,20)/t12-/m1/s1. The first kappa shape index (κ1) is 21.2. The van der Waals surface area contributed by atoms with Crippen molar-refractivity contribution in [1.82, 2.24) is 10.6 Å². The van der Waals surface area contributed by atoms with Gasteiger partial charge in [0.1, 0.15) is 12.6 Å². The highest BCUT2D eigenvalue weighted by Gasteiger charge is 2.15. The molecule has 0 bridgehead atoms. The number of hydrogen-bond acceptors (Lipinski definition) is 6. The summed E-state index contributed by atoms with van der Waals surface area (Å²) >= 11 is 0. The van der Waals surface area contributed by atoms with Gasteiger partial charge in [0, 0.05) is 18.1 Å². The molecule has 0 spiro atoms. The maximum Gasteiger partial charge on any atom is 0.408 e. The van der Waals surface area contributed by atoms with Gasteiger partial charge >= 0.3 is 12.1 Å². The van der Waals surface area contributed by atoms with Crippen LogP contribution in [0.15, 0.2) is 30.3 Å². The third kappa shape index (κ3) is 10.6. The molecule has 0 aliphatic rings. The van der Waals surface area contributed by atoms with Crippen LogP contribution in [0.4, 0.5) is 4.79 Å². The molecule has 3 N–H and O–H groups in total. The Bertz CT molecular complexity index is 557. The van der Waals surface area contributed by atoms with E-state index in [9.17, 15) is 14.4 Å². The lowest BCUT2D eigenvalue weighted by molar-refractivity contribution is -0.136. The van der Waals surface area contributed by atoms with Crippen molar-refractivity contribution in [2.45, 2.75) is 26.0 Å². The van der Waals surface area contributed by atoms with Crippen LogP contribution in [-0.2, 0) is 20.9 Å². The number of aliphatic carboxylic acids is 1. The Labute approximate surface area is 154 Å². The van der Waals surface area contributed by atoms with Crippen molar-refractivity contribution < 1.29 is 24.2 Å². The molecule has 0 saturated heterocycles. The van der Waals surface area contributed by atoms with Gasteiger partial charge in [0.2, 0.25) is 5.91 Å². The van der Waals surface area contributed by atoms with E-state index in [0.29, 0.717) is 18.1 Å². The first-order valence-corrected chi connectivity index (χ1v) is 10.2.